The number of anilines is 2. The van der Waals surface area contributed by atoms with Crippen LogP contribution in [0.1, 0.15) is 101 Å². The second-order valence-electron chi connectivity index (χ2n) is 17.4. The number of alkyl halides is 1. The molecular formula is C43H46ClFN10O6. The van der Waals surface area contributed by atoms with Gasteiger partial charge in [-0.3, -0.25) is 34.2 Å². The van der Waals surface area contributed by atoms with E-state index in [4.69, 9.17) is 21.6 Å². The van der Waals surface area contributed by atoms with Gasteiger partial charge in [-0.05, 0) is 88.4 Å². The molecule has 0 radical (unpaired) electrons. The van der Waals surface area contributed by atoms with E-state index < -0.39 is 35.3 Å². The average molecular weight is 853 g/mol. The highest BCUT2D eigenvalue weighted by Crippen LogP contribution is 2.44. The summed E-state index contributed by atoms with van der Waals surface area (Å²) < 4.78 is 22.3. The lowest BCUT2D eigenvalue weighted by molar-refractivity contribution is -0.136. The third-order valence-corrected chi connectivity index (χ3v) is 13.7. The summed E-state index contributed by atoms with van der Waals surface area (Å²) in [7, 11) is 0. The summed E-state index contributed by atoms with van der Waals surface area (Å²) >= 11 is 6.14. The molecule has 4 saturated heterocycles. The molecule has 0 bridgehead atoms. The summed E-state index contributed by atoms with van der Waals surface area (Å²) in [6.45, 7) is 4.44. The van der Waals surface area contributed by atoms with E-state index >= 15 is 4.39 Å². The van der Waals surface area contributed by atoms with E-state index in [9.17, 15) is 24.0 Å². The maximum atomic E-state index is 16.2. The molecule has 3 aromatic rings. The largest absolute Gasteiger partial charge is 0.490 e. The molecule has 1 aromatic heterocycles. The minimum absolute atomic E-state index is 0.0171. The van der Waals surface area contributed by atoms with E-state index in [0.29, 0.717) is 54.8 Å². The smallest absolute Gasteiger partial charge is 0.273 e. The number of aromatic nitrogens is 3. The number of halogens is 2. The molecule has 1 unspecified atom stereocenters. The van der Waals surface area contributed by atoms with Gasteiger partial charge in [0.15, 0.2) is 5.69 Å². The Labute approximate surface area is 356 Å². The molecule has 318 valence electrons. The minimum atomic E-state index is -1.34. The van der Waals surface area contributed by atoms with Crippen LogP contribution < -0.4 is 25.2 Å². The van der Waals surface area contributed by atoms with Gasteiger partial charge in [-0.25, -0.2) is 9.37 Å². The Balaban J connectivity index is 0.697. The molecule has 5 fully saturated rings. The Hall–Kier alpha value is -5.73. The van der Waals surface area contributed by atoms with Crippen LogP contribution in [0.2, 0.25) is 5.02 Å². The first kappa shape index (κ1) is 40.7. The Morgan fingerprint density at radius 3 is 2.33 bits per heavy atom. The molecule has 16 nitrogen and oxygen atoms in total. The van der Waals surface area contributed by atoms with Crippen LogP contribution in [0.15, 0.2) is 42.6 Å². The molecule has 6 aliphatic rings. The van der Waals surface area contributed by atoms with Gasteiger partial charge in [0.25, 0.3) is 17.7 Å². The average Bonchev–Trinajstić information content (AvgIpc) is 3.49. The van der Waals surface area contributed by atoms with E-state index in [1.165, 1.54) is 6.20 Å². The van der Waals surface area contributed by atoms with Crippen LogP contribution in [0.5, 0.6) is 5.75 Å². The first-order valence-corrected chi connectivity index (χ1v) is 21.4. The van der Waals surface area contributed by atoms with Crippen molar-refractivity contribution in [3.8, 4) is 11.8 Å². The number of likely N-dealkylation sites (tertiary alicyclic amines) is 1. The molecule has 9 rings (SSSR count). The molecule has 1 atom stereocenters. The number of amides is 5. The standard InChI is InChI=1S/C43H46ClFN10O6/c44-33-20-30(5-1-26(33)21-46)61-29-6-2-27(3-7-29)48-37(57)34-22-47-41(51-50-34)53-17-13-43(45,14-18-53)25-52-15-11-42(12-16-52)23-54(24-42)28-4-8-31-32(19-28)40(60)55(39(31)59)35-9-10-36(56)49-38(35)58/h1,4-5,8,19-20,22,27,29,35H,2-3,6-7,9-18,23-25H2,(H,48,57)(H,49,56,58)/t27-,29-,35?. The van der Waals surface area contributed by atoms with Crippen molar-refractivity contribution >= 4 is 52.8 Å². The van der Waals surface area contributed by atoms with E-state index in [0.717, 1.165) is 75.3 Å². The number of piperidine rings is 3. The Kier molecular flexibility index (Phi) is 10.9. The predicted octanol–water partition coefficient (Wildman–Crippen LogP) is 3.83. The molecule has 5 amide bonds. The lowest BCUT2D eigenvalue weighted by atomic mass is 9.71. The van der Waals surface area contributed by atoms with E-state index in [1.54, 1.807) is 30.3 Å². The SMILES string of the molecule is N#Cc1ccc(O[C@H]2CC[C@H](NC(=O)c3cnc(N4CCC(F)(CN5CCC6(CC5)CN(c5ccc7c(c5)C(=O)N(C5CCC(=O)NC5=O)C7=O)C6)CC4)nn3)CC2)cc1Cl. The highest BCUT2D eigenvalue weighted by Gasteiger charge is 2.48. The fourth-order valence-corrected chi connectivity index (χ4v) is 9.94. The molecule has 1 aliphatic carbocycles. The van der Waals surface area contributed by atoms with Crippen molar-refractivity contribution in [2.45, 2.75) is 88.1 Å². The van der Waals surface area contributed by atoms with Crippen molar-refractivity contribution in [2.75, 3.05) is 55.6 Å². The minimum Gasteiger partial charge on any atom is -0.490 e. The van der Waals surface area contributed by atoms with Crippen molar-refractivity contribution in [3.63, 3.8) is 0 Å². The zero-order chi connectivity index (χ0) is 42.5. The number of nitriles is 1. The number of benzene rings is 2. The topological polar surface area (TPSA) is 194 Å². The summed E-state index contributed by atoms with van der Waals surface area (Å²) in [5.41, 5.74) is 0.675. The van der Waals surface area contributed by atoms with Crippen molar-refractivity contribution in [2.24, 2.45) is 5.41 Å². The van der Waals surface area contributed by atoms with Crippen LogP contribution in [0.4, 0.5) is 16.0 Å². The molecule has 2 aromatic carbocycles. The predicted molar refractivity (Wildman–Crippen MR) is 219 cm³/mol. The van der Waals surface area contributed by atoms with Crippen molar-refractivity contribution < 1.29 is 33.1 Å². The molecule has 61 heavy (non-hydrogen) atoms. The van der Waals surface area contributed by atoms with Crippen LogP contribution in [0.25, 0.3) is 0 Å². The number of imide groups is 2. The Morgan fingerprint density at radius 2 is 1.66 bits per heavy atom. The normalized spacial score (nSPS) is 24.8. The quantitative estimate of drug-likeness (QED) is 0.296. The number of nitrogens with zero attached hydrogens (tertiary/aromatic N) is 8. The van der Waals surface area contributed by atoms with Crippen LogP contribution in [0.3, 0.4) is 0 Å². The van der Waals surface area contributed by atoms with Gasteiger partial charge in [-0.2, -0.15) is 5.26 Å². The fourth-order valence-electron chi connectivity index (χ4n) is 9.72. The number of carbonyl (C=O) groups is 5. The Bertz CT molecular complexity index is 2290. The van der Waals surface area contributed by atoms with E-state index in [-0.39, 0.29) is 53.1 Å². The van der Waals surface area contributed by atoms with Gasteiger partial charge in [-0.15, -0.1) is 10.2 Å². The monoisotopic (exact) mass is 852 g/mol. The van der Waals surface area contributed by atoms with Crippen molar-refractivity contribution in [1.82, 2.24) is 35.6 Å². The summed E-state index contributed by atoms with van der Waals surface area (Å²) in [5, 5.41) is 23.1. The highest BCUT2D eigenvalue weighted by atomic mass is 35.5. The van der Waals surface area contributed by atoms with Crippen LogP contribution in [-0.4, -0.2) is 124 Å². The fraction of sp³-hybridized carbons (Fsp3) is 0.512. The number of ether oxygens (including phenoxy) is 1. The maximum absolute atomic E-state index is 16.2. The lowest BCUT2D eigenvalue weighted by Crippen LogP contribution is -2.61. The first-order chi connectivity index (χ1) is 29.4. The number of rotatable bonds is 9. The van der Waals surface area contributed by atoms with Crippen LogP contribution >= 0.6 is 11.6 Å². The number of nitrogens with one attached hydrogen (secondary N) is 2. The summed E-state index contributed by atoms with van der Waals surface area (Å²) in [5.74, 6) is -1.42. The number of carbonyl (C=O) groups excluding carboxylic acids is 5. The number of hydrogen-bond donors (Lipinski definition) is 2. The number of fused-ring (bicyclic) bond motifs is 1. The van der Waals surface area contributed by atoms with Gasteiger partial charge in [0.05, 0.1) is 34.0 Å². The summed E-state index contributed by atoms with van der Waals surface area (Å²) in [4.78, 5) is 75.2. The molecule has 1 saturated carbocycles. The summed E-state index contributed by atoms with van der Waals surface area (Å²) in [6, 6.07) is 11.3. The van der Waals surface area contributed by atoms with Gasteiger partial charge >= 0.3 is 0 Å². The van der Waals surface area contributed by atoms with Gasteiger partial charge in [0, 0.05) is 75.2 Å². The third kappa shape index (κ3) is 8.22. The molecular weight excluding hydrogens is 807 g/mol. The third-order valence-electron chi connectivity index (χ3n) is 13.4. The molecule has 18 heteroatoms. The number of hydrogen-bond acceptors (Lipinski definition) is 13. The van der Waals surface area contributed by atoms with Gasteiger partial charge in [0.2, 0.25) is 17.8 Å². The lowest BCUT2D eigenvalue weighted by Gasteiger charge is -2.55. The molecule has 6 heterocycles. The van der Waals surface area contributed by atoms with Gasteiger partial charge < -0.3 is 24.8 Å². The summed E-state index contributed by atoms with van der Waals surface area (Å²) in [6.07, 6.45) is 7.08. The molecule has 1 spiro atoms. The second-order valence-corrected chi connectivity index (χ2v) is 17.8. The first-order valence-electron chi connectivity index (χ1n) is 21.0. The zero-order valence-electron chi connectivity index (χ0n) is 33.6. The van der Waals surface area contributed by atoms with Gasteiger partial charge in [-0.1, -0.05) is 11.6 Å². The maximum Gasteiger partial charge on any atom is 0.273 e. The highest BCUT2D eigenvalue weighted by molar-refractivity contribution is 6.31. The van der Waals surface area contributed by atoms with E-state index in [1.807, 2.05) is 17.0 Å². The Morgan fingerprint density at radius 1 is 0.918 bits per heavy atom. The van der Waals surface area contributed by atoms with Crippen LogP contribution in [-0.2, 0) is 9.59 Å². The van der Waals surface area contributed by atoms with Gasteiger partial charge in [0.1, 0.15) is 23.5 Å². The second kappa shape index (κ2) is 16.3. The van der Waals surface area contributed by atoms with E-state index in [2.05, 4.69) is 35.6 Å². The zero-order valence-corrected chi connectivity index (χ0v) is 34.3. The molecule has 2 N–H and O–H groups in total. The van der Waals surface area contributed by atoms with Crippen LogP contribution in [0, 0.1) is 16.7 Å². The van der Waals surface area contributed by atoms with Crippen molar-refractivity contribution in [3.05, 3.63) is 70.0 Å². The van der Waals surface area contributed by atoms with Crippen molar-refractivity contribution in [1.29, 1.82) is 5.26 Å². The molecule has 5 aliphatic heterocycles.